The third-order valence-corrected chi connectivity index (χ3v) is 3.76. The second-order valence-corrected chi connectivity index (χ2v) is 5.08. The molecule has 0 bridgehead atoms. The summed E-state index contributed by atoms with van der Waals surface area (Å²) in [5, 5.41) is 0.539. The van der Waals surface area contributed by atoms with E-state index in [1.807, 2.05) is 0 Å². The number of Topliss-reactive ketones (excluding diaryl/α,β-unsaturated/α-hetero) is 1. The summed E-state index contributed by atoms with van der Waals surface area (Å²) < 4.78 is 14.1. The number of hydrogen-bond acceptors (Lipinski definition) is 1. The Balaban J connectivity index is 2.22. The van der Waals surface area contributed by atoms with Crippen LogP contribution < -0.4 is 0 Å². The fourth-order valence-electron chi connectivity index (χ4n) is 1.59. The van der Waals surface area contributed by atoms with Gasteiger partial charge in [0.15, 0.2) is 5.78 Å². The van der Waals surface area contributed by atoms with Gasteiger partial charge in [-0.05, 0) is 45.8 Å². The van der Waals surface area contributed by atoms with E-state index in [4.69, 9.17) is 11.6 Å². The third-order valence-electron chi connectivity index (χ3n) is 2.55. The molecule has 0 spiro atoms. The van der Waals surface area contributed by atoms with Gasteiger partial charge in [-0.2, -0.15) is 0 Å². The minimum absolute atomic E-state index is 0.0424. The Hall–Kier alpha value is -1.19. The Morgan fingerprint density at radius 3 is 2.61 bits per heavy atom. The highest BCUT2D eigenvalue weighted by Gasteiger charge is 2.11. The maximum Gasteiger partial charge on any atom is 0.167 e. The normalized spacial score (nSPS) is 10.4. The van der Waals surface area contributed by atoms with Crippen LogP contribution in [0, 0.1) is 5.82 Å². The van der Waals surface area contributed by atoms with Gasteiger partial charge >= 0.3 is 0 Å². The largest absolute Gasteiger partial charge is 0.294 e. The Kier molecular flexibility index (Phi) is 4.15. The number of hydrogen-bond donors (Lipinski definition) is 0. The molecule has 0 N–H and O–H groups in total. The van der Waals surface area contributed by atoms with Crippen LogP contribution in [0.1, 0.15) is 15.9 Å². The molecular weight excluding hydrogens is 319 g/mol. The van der Waals surface area contributed by atoms with Gasteiger partial charge in [-0.15, -0.1) is 0 Å². The molecule has 92 valence electrons. The van der Waals surface area contributed by atoms with Gasteiger partial charge in [-0.3, -0.25) is 4.79 Å². The zero-order valence-corrected chi connectivity index (χ0v) is 11.6. The molecule has 2 rings (SSSR count). The van der Waals surface area contributed by atoms with Crippen LogP contribution in [-0.4, -0.2) is 5.78 Å². The van der Waals surface area contributed by atoms with Crippen LogP contribution in [0.5, 0.6) is 0 Å². The summed E-state index contributed by atoms with van der Waals surface area (Å²) in [6, 6.07) is 11.2. The second-order valence-electron chi connectivity index (χ2n) is 3.82. The molecule has 4 heteroatoms. The number of ketones is 1. The minimum atomic E-state index is -0.362. The molecule has 0 fully saturated rings. The van der Waals surface area contributed by atoms with E-state index in [0.717, 1.165) is 0 Å². The van der Waals surface area contributed by atoms with Crippen LogP contribution in [0.2, 0.25) is 5.02 Å². The molecule has 0 aromatic heterocycles. The number of halogens is 3. The number of carbonyl (C=O) groups excluding carboxylic acids is 1. The van der Waals surface area contributed by atoms with Gasteiger partial charge in [-0.25, -0.2) is 4.39 Å². The van der Waals surface area contributed by atoms with Crippen molar-refractivity contribution in [1.29, 1.82) is 0 Å². The molecule has 2 aromatic rings. The van der Waals surface area contributed by atoms with E-state index in [2.05, 4.69) is 15.9 Å². The SMILES string of the molecule is O=C(Cc1ccccc1F)c1ccc(Cl)c(Br)c1. The Labute approximate surface area is 118 Å². The Morgan fingerprint density at radius 2 is 1.94 bits per heavy atom. The molecule has 18 heavy (non-hydrogen) atoms. The van der Waals surface area contributed by atoms with Crippen LogP contribution in [0.15, 0.2) is 46.9 Å². The van der Waals surface area contributed by atoms with Gasteiger partial charge in [0, 0.05) is 16.5 Å². The van der Waals surface area contributed by atoms with Crippen molar-refractivity contribution in [3.63, 3.8) is 0 Å². The summed E-state index contributed by atoms with van der Waals surface area (Å²) in [5.41, 5.74) is 0.906. The molecule has 0 atom stereocenters. The molecule has 1 nitrogen and oxygen atoms in total. The van der Waals surface area contributed by atoms with E-state index in [9.17, 15) is 9.18 Å². The summed E-state index contributed by atoms with van der Waals surface area (Å²) >= 11 is 9.11. The van der Waals surface area contributed by atoms with Gasteiger partial charge < -0.3 is 0 Å². The Bertz CT molecular complexity index is 598. The number of rotatable bonds is 3. The summed E-state index contributed by atoms with van der Waals surface area (Å²) in [6.07, 6.45) is 0.0424. The standard InChI is InChI=1S/C14H9BrClFO/c15-11-7-10(5-6-12(11)16)14(18)8-9-3-1-2-4-13(9)17/h1-7H,8H2. The molecule has 0 amide bonds. The molecular formula is C14H9BrClFO. The fourth-order valence-corrected chi connectivity index (χ4v) is 2.08. The van der Waals surface area contributed by atoms with Crippen molar-refractivity contribution in [3.8, 4) is 0 Å². The van der Waals surface area contributed by atoms with Crippen molar-refractivity contribution in [2.45, 2.75) is 6.42 Å². The lowest BCUT2D eigenvalue weighted by atomic mass is 10.0. The molecule has 0 heterocycles. The molecule has 0 radical (unpaired) electrons. The van der Waals surface area contributed by atoms with Gasteiger partial charge in [0.05, 0.1) is 5.02 Å². The maximum atomic E-state index is 13.4. The summed E-state index contributed by atoms with van der Waals surface area (Å²) in [5.74, 6) is -0.503. The first-order valence-electron chi connectivity index (χ1n) is 5.29. The van der Waals surface area contributed by atoms with Gasteiger partial charge in [0.1, 0.15) is 5.82 Å². The lowest BCUT2D eigenvalue weighted by Gasteiger charge is -2.04. The fraction of sp³-hybridized carbons (Fsp3) is 0.0714. The van der Waals surface area contributed by atoms with Crippen LogP contribution >= 0.6 is 27.5 Å². The van der Waals surface area contributed by atoms with Crippen LogP contribution in [-0.2, 0) is 6.42 Å². The van der Waals surface area contributed by atoms with Crippen molar-refractivity contribution in [1.82, 2.24) is 0 Å². The van der Waals surface area contributed by atoms with Crippen LogP contribution in [0.25, 0.3) is 0 Å². The van der Waals surface area contributed by atoms with Crippen molar-refractivity contribution in [2.75, 3.05) is 0 Å². The zero-order valence-electron chi connectivity index (χ0n) is 9.29. The van der Waals surface area contributed by atoms with Gasteiger partial charge in [-0.1, -0.05) is 29.8 Å². The van der Waals surface area contributed by atoms with E-state index >= 15 is 0 Å². The predicted octanol–water partition coefficient (Wildman–Crippen LogP) is 4.67. The van der Waals surface area contributed by atoms with Crippen LogP contribution in [0.4, 0.5) is 4.39 Å². The molecule has 2 aromatic carbocycles. The highest BCUT2D eigenvalue weighted by molar-refractivity contribution is 9.10. The first-order valence-corrected chi connectivity index (χ1v) is 6.46. The quantitative estimate of drug-likeness (QED) is 0.749. The van der Waals surface area contributed by atoms with Crippen molar-refractivity contribution in [2.24, 2.45) is 0 Å². The number of benzene rings is 2. The molecule has 0 aliphatic heterocycles. The predicted molar refractivity (Wildman–Crippen MR) is 73.6 cm³/mol. The lowest BCUT2D eigenvalue weighted by molar-refractivity contribution is 0.0992. The van der Waals surface area contributed by atoms with Crippen molar-refractivity contribution < 1.29 is 9.18 Å². The Morgan fingerprint density at radius 1 is 1.22 bits per heavy atom. The van der Waals surface area contributed by atoms with E-state index in [1.165, 1.54) is 6.07 Å². The second kappa shape index (κ2) is 5.63. The van der Waals surface area contributed by atoms with Crippen LogP contribution in [0.3, 0.4) is 0 Å². The van der Waals surface area contributed by atoms with E-state index in [0.29, 0.717) is 20.6 Å². The molecule has 0 saturated heterocycles. The molecule has 0 aliphatic rings. The van der Waals surface area contributed by atoms with E-state index < -0.39 is 0 Å². The van der Waals surface area contributed by atoms with Gasteiger partial charge in [0.25, 0.3) is 0 Å². The van der Waals surface area contributed by atoms with E-state index in [-0.39, 0.29) is 18.0 Å². The monoisotopic (exact) mass is 326 g/mol. The van der Waals surface area contributed by atoms with Crippen molar-refractivity contribution in [3.05, 3.63) is 68.9 Å². The maximum absolute atomic E-state index is 13.4. The first-order chi connectivity index (χ1) is 8.58. The summed E-state index contributed by atoms with van der Waals surface area (Å²) in [7, 11) is 0. The highest BCUT2D eigenvalue weighted by Crippen LogP contribution is 2.24. The summed E-state index contributed by atoms with van der Waals surface area (Å²) in [4.78, 5) is 12.0. The third kappa shape index (κ3) is 2.98. The average Bonchev–Trinajstić information content (AvgIpc) is 2.35. The average molecular weight is 328 g/mol. The lowest BCUT2D eigenvalue weighted by Crippen LogP contribution is -2.05. The zero-order chi connectivity index (χ0) is 13.1. The topological polar surface area (TPSA) is 17.1 Å². The number of carbonyl (C=O) groups is 1. The van der Waals surface area contributed by atoms with Gasteiger partial charge in [0.2, 0.25) is 0 Å². The van der Waals surface area contributed by atoms with Crippen molar-refractivity contribution >= 4 is 33.3 Å². The summed E-state index contributed by atoms with van der Waals surface area (Å²) in [6.45, 7) is 0. The molecule has 0 unspecified atom stereocenters. The smallest absolute Gasteiger partial charge is 0.167 e. The molecule has 0 saturated carbocycles. The molecule has 0 aliphatic carbocycles. The first kappa shape index (κ1) is 13.2. The minimum Gasteiger partial charge on any atom is -0.294 e. The highest BCUT2D eigenvalue weighted by atomic mass is 79.9. The van der Waals surface area contributed by atoms with E-state index in [1.54, 1.807) is 36.4 Å².